The lowest BCUT2D eigenvalue weighted by molar-refractivity contribution is -0.142. The predicted octanol–water partition coefficient (Wildman–Crippen LogP) is -0.296. The van der Waals surface area contributed by atoms with Crippen LogP contribution < -0.4 is 27.4 Å². The molecule has 0 radical (unpaired) electrons. The van der Waals surface area contributed by atoms with Crippen molar-refractivity contribution in [3.05, 3.63) is 0 Å². The number of nitrogens with one attached hydrogen (secondary N) is 3. The van der Waals surface area contributed by atoms with Crippen LogP contribution in [-0.2, 0) is 19.2 Å². The highest BCUT2D eigenvalue weighted by atomic mass is 16.4. The normalized spacial score (nSPS) is 15.2. The van der Waals surface area contributed by atoms with Gasteiger partial charge in [0.05, 0.1) is 6.04 Å². The first kappa shape index (κ1) is 27.8. The highest BCUT2D eigenvalue weighted by Crippen LogP contribution is 2.07. The maximum atomic E-state index is 12.6. The van der Waals surface area contributed by atoms with E-state index >= 15 is 0 Å². The molecule has 0 aliphatic rings. The fourth-order valence-corrected chi connectivity index (χ4v) is 2.83. The lowest BCUT2D eigenvalue weighted by Crippen LogP contribution is -2.57. The Morgan fingerprint density at radius 3 is 1.93 bits per heavy atom. The SMILES string of the molecule is CC(C)CC(N)C(=O)NC(C(=O)NC(C)C(=O)NC(CCCCN)C(=O)O)C(C)C. The van der Waals surface area contributed by atoms with Crippen molar-refractivity contribution in [1.29, 1.82) is 0 Å². The van der Waals surface area contributed by atoms with E-state index in [0.717, 1.165) is 0 Å². The molecule has 0 spiro atoms. The Labute approximate surface area is 178 Å². The van der Waals surface area contributed by atoms with Gasteiger partial charge in [-0.15, -0.1) is 0 Å². The Morgan fingerprint density at radius 1 is 0.867 bits per heavy atom. The summed E-state index contributed by atoms with van der Waals surface area (Å²) >= 11 is 0. The van der Waals surface area contributed by atoms with Gasteiger partial charge in [-0.1, -0.05) is 27.7 Å². The van der Waals surface area contributed by atoms with E-state index in [1.807, 2.05) is 13.8 Å². The van der Waals surface area contributed by atoms with Gasteiger partial charge in [-0.2, -0.15) is 0 Å². The molecular weight excluding hydrogens is 390 g/mol. The van der Waals surface area contributed by atoms with E-state index in [-0.39, 0.29) is 18.3 Å². The second-order valence-corrected chi connectivity index (χ2v) is 8.38. The minimum atomic E-state index is -1.15. The molecule has 3 amide bonds. The molecular formula is C20H39N5O5. The van der Waals surface area contributed by atoms with E-state index in [1.54, 1.807) is 13.8 Å². The molecule has 4 atom stereocenters. The summed E-state index contributed by atoms with van der Waals surface area (Å²) in [7, 11) is 0. The first-order valence-corrected chi connectivity index (χ1v) is 10.5. The Balaban J connectivity index is 4.91. The number of rotatable bonds is 14. The van der Waals surface area contributed by atoms with Crippen molar-refractivity contribution in [3.63, 3.8) is 0 Å². The van der Waals surface area contributed by atoms with E-state index < -0.39 is 47.9 Å². The number of carbonyl (C=O) groups is 4. The number of carboxylic acids is 1. The Hall–Kier alpha value is -2.20. The number of nitrogens with two attached hydrogens (primary N) is 2. The zero-order valence-corrected chi connectivity index (χ0v) is 18.7. The van der Waals surface area contributed by atoms with Crippen molar-refractivity contribution in [2.75, 3.05) is 6.54 Å². The first-order chi connectivity index (χ1) is 13.9. The van der Waals surface area contributed by atoms with Gasteiger partial charge in [0, 0.05) is 0 Å². The second-order valence-electron chi connectivity index (χ2n) is 8.38. The molecule has 174 valence electrons. The smallest absolute Gasteiger partial charge is 0.326 e. The number of carboxylic acid groups (broad SMARTS) is 1. The maximum absolute atomic E-state index is 12.6. The molecule has 10 nitrogen and oxygen atoms in total. The lowest BCUT2D eigenvalue weighted by atomic mass is 10.00. The van der Waals surface area contributed by atoms with E-state index in [0.29, 0.717) is 25.8 Å². The van der Waals surface area contributed by atoms with Crippen LogP contribution in [0.4, 0.5) is 0 Å². The molecule has 0 saturated heterocycles. The monoisotopic (exact) mass is 429 g/mol. The predicted molar refractivity (Wildman–Crippen MR) is 114 cm³/mol. The first-order valence-electron chi connectivity index (χ1n) is 10.5. The van der Waals surface area contributed by atoms with Crippen LogP contribution in [-0.4, -0.2) is 59.5 Å². The summed E-state index contributed by atoms with van der Waals surface area (Å²) in [6, 6.07) is -3.63. The van der Waals surface area contributed by atoms with Crippen molar-refractivity contribution in [3.8, 4) is 0 Å². The molecule has 0 aliphatic carbocycles. The van der Waals surface area contributed by atoms with Gasteiger partial charge in [0.2, 0.25) is 17.7 Å². The fraction of sp³-hybridized carbons (Fsp3) is 0.800. The van der Waals surface area contributed by atoms with Crippen LogP contribution in [0.1, 0.15) is 60.3 Å². The third-order valence-corrected chi connectivity index (χ3v) is 4.62. The average Bonchev–Trinajstić information content (AvgIpc) is 2.63. The van der Waals surface area contributed by atoms with Crippen molar-refractivity contribution < 1.29 is 24.3 Å². The van der Waals surface area contributed by atoms with Gasteiger partial charge in [0.15, 0.2) is 0 Å². The van der Waals surface area contributed by atoms with Crippen LogP contribution in [0.25, 0.3) is 0 Å². The zero-order valence-electron chi connectivity index (χ0n) is 18.7. The molecule has 0 aliphatic heterocycles. The summed E-state index contributed by atoms with van der Waals surface area (Å²) in [6.45, 7) is 9.31. The number of unbranched alkanes of at least 4 members (excludes halogenated alkanes) is 1. The van der Waals surface area contributed by atoms with Crippen molar-refractivity contribution in [1.82, 2.24) is 16.0 Å². The number of amides is 3. The van der Waals surface area contributed by atoms with Crippen LogP contribution in [0.3, 0.4) is 0 Å². The highest BCUT2D eigenvalue weighted by molar-refractivity contribution is 5.94. The summed E-state index contributed by atoms with van der Waals surface area (Å²) < 4.78 is 0. The third kappa shape index (κ3) is 10.5. The molecule has 0 rings (SSSR count). The van der Waals surface area contributed by atoms with Gasteiger partial charge < -0.3 is 32.5 Å². The van der Waals surface area contributed by atoms with Crippen molar-refractivity contribution in [2.45, 2.75) is 84.5 Å². The van der Waals surface area contributed by atoms with Crippen LogP contribution in [0.2, 0.25) is 0 Å². The van der Waals surface area contributed by atoms with Crippen LogP contribution in [0.5, 0.6) is 0 Å². The summed E-state index contributed by atoms with van der Waals surface area (Å²) in [6.07, 6.45) is 1.95. The molecule has 0 aromatic rings. The highest BCUT2D eigenvalue weighted by Gasteiger charge is 2.30. The van der Waals surface area contributed by atoms with Gasteiger partial charge in [0.1, 0.15) is 18.1 Å². The molecule has 30 heavy (non-hydrogen) atoms. The minimum Gasteiger partial charge on any atom is -0.480 e. The molecule has 0 aromatic carbocycles. The Morgan fingerprint density at radius 2 is 1.47 bits per heavy atom. The standard InChI is InChI=1S/C20H39N5O5/c1-11(2)10-14(22)18(27)25-16(12(3)4)19(28)23-13(5)17(26)24-15(20(29)30)8-6-7-9-21/h11-16H,6-10,21-22H2,1-5H3,(H,23,28)(H,24,26)(H,25,27)(H,29,30). The number of carbonyl (C=O) groups excluding carboxylic acids is 3. The molecule has 0 saturated carbocycles. The van der Waals surface area contributed by atoms with Gasteiger partial charge in [-0.3, -0.25) is 14.4 Å². The number of aliphatic carboxylic acids is 1. The molecule has 0 aromatic heterocycles. The molecule has 0 heterocycles. The maximum Gasteiger partial charge on any atom is 0.326 e. The van der Waals surface area contributed by atoms with Crippen molar-refractivity contribution >= 4 is 23.7 Å². The quantitative estimate of drug-likeness (QED) is 0.205. The minimum absolute atomic E-state index is 0.229. The molecule has 4 unspecified atom stereocenters. The van der Waals surface area contributed by atoms with Crippen molar-refractivity contribution in [2.24, 2.45) is 23.3 Å². The van der Waals surface area contributed by atoms with Gasteiger partial charge in [0.25, 0.3) is 0 Å². The summed E-state index contributed by atoms with van der Waals surface area (Å²) in [5, 5.41) is 16.9. The van der Waals surface area contributed by atoms with Gasteiger partial charge in [-0.05, 0) is 51.0 Å². The van der Waals surface area contributed by atoms with E-state index in [1.165, 1.54) is 6.92 Å². The zero-order chi connectivity index (χ0) is 23.4. The summed E-state index contributed by atoms with van der Waals surface area (Å²) in [5.74, 6) is -2.74. The average molecular weight is 430 g/mol. The topological polar surface area (TPSA) is 177 Å². The summed E-state index contributed by atoms with van der Waals surface area (Å²) in [5.41, 5.74) is 11.3. The van der Waals surface area contributed by atoms with E-state index in [9.17, 15) is 24.3 Å². The van der Waals surface area contributed by atoms with Crippen LogP contribution in [0, 0.1) is 11.8 Å². The van der Waals surface area contributed by atoms with Gasteiger partial charge in [-0.25, -0.2) is 4.79 Å². The van der Waals surface area contributed by atoms with Gasteiger partial charge >= 0.3 is 5.97 Å². The Kier molecular flexibility index (Phi) is 12.9. The third-order valence-electron chi connectivity index (χ3n) is 4.62. The molecule has 10 heteroatoms. The van der Waals surface area contributed by atoms with Crippen LogP contribution >= 0.6 is 0 Å². The summed E-state index contributed by atoms with van der Waals surface area (Å²) in [4.78, 5) is 48.6. The molecule has 0 bridgehead atoms. The number of hydrogen-bond donors (Lipinski definition) is 6. The van der Waals surface area contributed by atoms with E-state index in [2.05, 4.69) is 16.0 Å². The lowest BCUT2D eigenvalue weighted by Gasteiger charge is -2.26. The number of hydrogen-bond acceptors (Lipinski definition) is 6. The molecule has 8 N–H and O–H groups in total. The fourth-order valence-electron chi connectivity index (χ4n) is 2.83. The largest absolute Gasteiger partial charge is 0.480 e. The van der Waals surface area contributed by atoms with E-state index in [4.69, 9.17) is 11.5 Å². The second kappa shape index (κ2) is 13.9. The van der Waals surface area contributed by atoms with Crippen LogP contribution in [0.15, 0.2) is 0 Å². The Bertz CT molecular complexity index is 582. The molecule has 0 fully saturated rings.